The molecular formula is C10H8ClFN2S. The molecule has 78 valence electrons. The molecule has 1 aromatic heterocycles. The number of hydrogen-bond donors (Lipinski definition) is 0. The summed E-state index contributed by atoms with van der Waals surface area (Å²) in [6, 6.07) is 4.81. The zero-order valence-electron chi connectivity index (χ0n) is 8.00. The highest BCUT2D eigenvalue weighted by Crippen LogP contribution is 2.25. The van der Waals surface area contributed by atoms with Crippen LogP contribution >= 0.6 is 22.9 Å². The maximum Gasteiger partial charge on any atom is 0.147 e. The Bertz CT molecular complexity index is 464. The second-order valence-corrected chi connectivity index (χ2v) is 4.48. The van der Waals surface area contributed by atoms with Crippen molar-refractivity contribution in [2.75, 3.05) is 0 Å². The first-order chi connectivity index (χ1) is 7.19. The SMILES string of the molecule is Cc1cc(F)cc(-c2nnc(CCl)s2)c1. The number of aryl methyl sites for hydroxylation is 1. The fourth-order valence-corrected chi connectivity index (χ4v) is 2.18. The third-order valence-electron chi connectivity index (χ3n) is 1.87. The second-order valence-electron chi connectivity index (χ2n) is 3.15. The zero-order valence-corrected chi connectivity index (χ0v) is 9.57. The monoisotopic (exact) mass is 242 g/mol. The predicted octanol–water partition coefficient (Wildman–Crippen LogP) is 3.39. The Morgan fingerprint density at radius 1 is 1.33 bits per heavy atom. The first kappa shape index (κ1) is 10.5. The summed E-state index contributed by atoms with van der Waals surface area (Å²) in [7, 11) is 0. The molecule has 0 aliphatic carbocycles. The van der Waals surface area contributed by atoms with Gasteiger partial charge < -0.3 is 0 Å². The molecule has 1 heterocycles. The van der Waals surface area contributed by atoms with E-state index in [4.69, 9.17) is 11.6 Å². The van der Waals surface area contributed by atoms with E-state index in [1.54, 1.807) is 0 Å². The maximum atomic E-state index is 13.1. The summed E-state index contributed by atoms with van der Waals surface area (Å²) in [6.45, 7) is 1.84. The summed E-state index contributed by atoms with van der Waals surface area (Å²) >= 11 is 7.01. The van der Waals surface area contributed by atoms with Crippen LogP contribution in [0.3, 0.4) is 0 Å². The Morgan fingerprint density at radius 3 is 2.73 bits per heavy atom. The van der Waals surface area contributed by atoms with E-state index in [0.717, 1.165) is 16.1 Å². The standard InChI is InChI=1S/C10H8ClFN2S/c1-6-2-7(4-8(12)3-6)10-14-13-9(5-11)15-10/h2-4H,5H2,1H3. The number of benzene rings is 1. The molecule has 0 unspecified atom stereocenters. The highest BCUT2D eigenvalue weighted by molar-refractivity contribution is 7.14. The van der Waals surface area contributed by atoms with Gasteiger partial charge >= 0.3 is 0 Å². The van der Waals surface area contributed by atoms with Crippen LogP contribution < -0.4 is 0 Å². The number of alkyl halides is 1. The molecule has 0 atom stereocenters. The topological polar surface area (TPSA) is 25.8 Å². The van der Waals surface area contributed by atoms with E-state index in [1.807, 2.05) is 13.0 Å². The number of aromatic nitrogens is 2. The summed E-state index contributed by atoms with van der Waals surface area (Å²) in [4.78, 5) is 0. The highest BCUT2D eigenvalue weighted by Gasteiger charge is 2.07. The smallest absolute Gasteiger partial charge is 0.147 e. The third-order valence-corrected chi connectivity index (χ3v) is 3.25. The molecule has 2 rings (SSSR count). The second kappa shape index (κ2) is 4.24. The van der Waals surface area contributed by atoms with E-state index in [0.29, 0.717) is 10.9 Å². The van der Waals surface area contributed by atoms with Crippen molar-refractivity contribution in [3.8, 4) is 10.6 Å². The Labute approximate surface area is 95.7 Å². The van der Waals surface area contributed by atoms with Crippen molar-refractivity contribution in [3.05, 3.63) is 34.6 Å². The first-order valence-corrected chi connectivity index (χ1v) is 5.70. The van der Waals surface area contributed by atoms with Crippen molar-refractivity contribution in [2.45, 2.75) is 12.8 Å². The fourth-order valence-electron chi connectivity index (χ4n) is 1.28. The van der Waals surface area contributed by atoms with Gasteiger partial charge in [0.05, 0.1) is 5.88 Å². The van der Waals surface area contributed by atoms with Gasteiger partial charge in [-0.2, -0.15) is 0 Å². The quantitative estimate of drug-likeness (QED) is 0.755. The average molecular weight is 243 g/mol. The van der Waals surface area contributed by atoms with Crippen LogP contribution in [0.2, 0.25) is 0 Å². The van der Waals surface area contributed by atoms with Crippen molar-refractivity contribution < 1.29 is 4.39 Å². The molecule has 0 radical (unpaired) electrons. The Hall–Kier alpha value is -1.000. The molecule has 0 N–H and O–H groups in total. The zero-order chi connectivity index (χ0) is 10.8. The molecule has 0 spiro atoms. The van der Waals surface area contributed by atoms with Gasteiger partial charge in [0.2, 0.25) is 0 Å². The first-order valence-electron chi connectivity index (χ1n) is 4.35. The van der Waals surface area contributed by atoms with Gasteiger partial charge in [0.1, 0.15) is 15.8 Å². The minimum absolute atomic E-state index is 0.257. The number of nitrogens with zero attached hydrogens (tertiary/aromatic N) is 2. The van der Waals surface area contributed by atoms with Crippen LogP contribution in [0.25, 0.3) is 10.6 Å². The van der Waals surface area contributed by atoms with Crippen molar-refractivity contribution in [1.29, 1.82) is 0 Å². The summed E-state index contributed by atoms with van der Waals surface area (Å²) in [6.07, 6.45) is 0. The van der Waals surface area contributed by atoms with E-state index >= 15 is 0 Å². The summed E-state index contributed by atoms with van der Waals surface area (Å²) < 4.78 is 13.1. The van der Waals surface area contributed by atoms with Crippen molar-refractivity contribution in [2.24, 2.45) is 0 Å². The molecule has 1 aromatic carbocycles. The van der Waals surface area contributed by atoms with E-state index in [-0.39, 0.29) is 5.82 Å². The van der Waals surface area contributed by atoms with Gasteiger partial charge in [0.15, 0.2) is 0 Å². The van der Waals surface area contributed by atoms with Crippen LogP contribution in [0.4, 0.5) is 4.39 Å². The van der Waals surface area contributed by atoms with Gasteiger partial charge in [0, 0.05) is 5.56 Å². The summed E-state index contributed by atoms with van der Waals surface area (Å²) in [5, 5.41) is 9.29. The number of rotatable bonds is 2. The van der Waals surface area contributed by atoms with Crippen LogP contribution in [-0.2, 0) is 5.88 Å². The van der Waals surface area contributed by atoms with Gasteiger partial charge in [0.25, 0.3) is 0 Å². The molecule has 0 saturated heterocycles. The van der Waals surface area contributed by atoms with Crippen LogP contribution in [0.15, 0.2) is 18.2 Å². The van der Waals surface area contributed by atoms with Crippen LogP contribution in [-0.4, -0.2) is 10.2 Å². The average Bonchev–Trinajstić information content (AvgIpc) is 2.64. The van der Waals surface area contributed by atoms with Gasteiger partial charge in [-0.3, -0.25) is 0 Å². The molecule has 0 aliphatic rings. The van der Waals surface area contributed by atoms with E-state index in [1.165, 1.54) is 23.5 Å². The normalized spacial score (nSPS) is 10.6. The molecule has 15 heavy (non-hydrogen) atoms. The van der Waals surface area contributed by atoms with Gasteiger partial charge in [-0.25, -0.2) is 4.39 Å². The Morgan fingerprint density at radius 2 is 2.13 bits per heavy atom. The van der Waals surface area contributed by atoms with Gasteiger partial charge in [-0.15, -0.1) is 21.8 Å². The molecule has 0 saturated carbocycles. The minimum atomic E-state index is -0.257. The maximum absolute atomic E-state index is 13.1. The lowest BCUT2D eigenvalue weighted by Gasteiger charge is -1.98. The van der Waals surface area contributed by atoms with Crippen molar-refractivity contribution in [1.82, 2.24) is 10.2 Å². The third kappa shape index (κ3) is 2.33. The largest absolute Gasteiger partial charge is 0.207 e. The van der Waals surface area contributed by atoms with Crippen molar-refractivity contribution >= 4 is 22.9 Å². The van der Waals surface area contributed by atoms with Crippen LogP contribution in [0.1, 0.15) is 10.6 Å². The highest BCUT2D eigenvalue weighted by atomic mass is 35.5. The van der Waals surface area contributed by atoms with E-state index in [2.05, 4.69) is 10.2 Å². The summed E-state index contributed by atoms with van der Waals surface area (Å²) in [5.41, 5.74) is 1.62. The Kier molecular flexibility index (Phi) is 2.98. The molecule has 2 nitrogen and oxygen atoms in total. The molecule has 0 bridgehead atoms. The molecule has 2 aromatic rings. The van der Waals surface area contributed by atoms with Gasteiger partial charge in [-0.1, -0.05) is 11.3 Å². The lowest BCUT2D eigenvalue weighted by atomic mass is 10.1. The molecule has 0 fully saturated rings. The lowest BCUT2D eigenvalue weighted by Crippen LogP contribution is -1.82. The molecule has 0 amide bonds. The molecule has 0 aliphatic heterocycles. The van der Waals surface area contributed by atoms with Gasteiger partial charge in [-0.05, 0) is 30.7 Å². The minimum Gasteiger partial charge on any atom is -0.207 e. The van der Waals surface area contributed by atoms with Crippen LogP contribution in [0.5, 0.6) is 0 Å². The van der Waals surface area contributed by atoms with Crippen molar-refractivity contribution in [3.63, 3.8) is 0 Å². The molecular weight excluding hydrogens is 235 g/mol. The number of halogens is 2. The fraction of sp³-hybridized carbons (Fsp3) is 0.200. The lowest BCUT2D eigenvalue weighted by molar-refractivity contribution is 0.627. The van der Waals surface area contributed by atoms with Crippen LogP contribution in [0, 0.1) is 12.7 Å². The Balaban J connectivity index is 2.44. The predicted molar refractivity (Wildman–Crippen MR) is 59.6 cm³/mol. The number of hydrogen-bond acceptors (Lipinski definition) is 3. The molecule has 5 heteroatoms. The van der Waals surface area contributed by atoms with E-state index < -0.39 is 0 Å². The summed E-state index contributed by atoms with van der Waals surface area (Å²) in [5.74, 6) is 0.0824. The van der Waals surface area contributed by atoms with E-state index in [9.17, 15) is 4.39 Å².